The molecule has 1 fully saturated rings. The maximum absolute atomic E-state index is 12.3. The fourth-order valence-corrected chi connectivity index (χ4v) is 3.11. The van der Waals surface area contributed by atoms with Gasteiger partial charge < -0.3 is 15.0 Å². The van der Waals surface area contributed by atoms with Crippen molar-refractivity contribution in [3.05, 3.63) is 59.2 Å². The molecule has 0 spiro atoms. The average molecular weight is 324 g/mol. The van der Waals surface area contributed by atoms with Crippen molar-refractivity contribution in [2.45, 2.75) is 20.3 Å². The standard InChI is InChI=1S/C20H24N2O2/c1-15-12-18(22-8-10-24-11-9-22)13-16(2)20(15)21-19(23)14-17-6-4-3-5-7-17/h3-7,12-13H,8-11,14H2,1-2H3,(H,21,23). The number of hydrogen-bond donors (Lipinski definition) is 1. The molecule has 0 aromatic heterocycles. The third kappa shape index (κ3) is 3.95. The number of anilines is 2. The average Bonchev–Trinajstić information content (AvgIpc) is 2.59. The lowest BCUT2D eigenvalue weighted by Crippen LogP contribution is -2.36. The Kier molecular flexibility index (Phi) is 5.16. The van der Waals surface area contributed by atoms with Crippen LogP contribution < -0.4 is 10.2 Å². The van der Waals surface area contributed by atoms with E-state index in [0.717, 1.165) is 48.7 Å². The minimum atomic E-state index is 0.0199. The predicted molar refractivity (Wildman–Crippen MR) is 97.7 cm³/mol. The van der Waals surface area contributed by atoms with Crippen molar-refractivity contribution in [3.8, 4) is 0 Å². The Labute approximate surface area is 143 Å². The maximum atomic E-state index is 12.3. The lowest BCUT2D eigenvalue weighted by Gasteiger charge is -2.30. The molecule has 1 amide bonds. The van der Waals surface area contributed by atoms with E-state index in [0.29, 0.717) is 6.42 Å². The first-order chi connectivity index (χ1) is 11.6. The van der Waals surface area contributed by atoms with Gasteiger partial charge in [-0.15, -0.1) is 0 Å². The smallest absolute Gasteiger partial charge is 0.228 e. The maximum Gasteiger partial charge on any atom is 0.228 e. The van der Waals surface area contributed by atoms with E-state index in [2.05, 4.69) is 36.2 Å². The van der Waals surface area contributed by atoms with Gasteiger partial charge in [0.25, 0.3) is 0 Å². The lowest BCUT2D eigenvalue weighted by atomic mass is 10.1. The molecular formula is C20H24N2O2. The van der Waals surface area contributed by atoms with Gasteiger partial charge in [-0.1, -0.05) is 30.3 Å². The molecule has 4 nitrogen and oxygen atoms in total. The summed E-state index contributed by atoms with van der Waals surface area (Å²) in [5.41, 5.74) is 5.34. The van der Waals surface area contributed by atoms with E-state index in [1.807, 2.05) is 30.3 Å². The molecule has 2 aromatic carbocycles. The monoisotopic (exact) mass is 324 g/mol. The summed E-state index contributed by atoms with van der Waals surface area (Å²) in [6.07, 6.45) is 0.394. The van der Waals surface area contributed by atoms with Gasteiger partial charge in [0.05, 0.1) is 19.6 Å². The molecule has 0 saturated carbocycles. The van der Waals surface area contributed by atoms with E-state index < -0.39 is 0 Å². The zero-order valence-corrected chi connectivity index (χ0v) is 14.3. The van der Waals surface area contributed by atoms with Crippen LogP contribution in [-0.4, -0.2) is 32.2 Å². The Morgan fingerprint density at radius 3 is 2.33 bits per heavy atom. The van der Waals surface area contributed by atoms with Gasteiger partial charge in [-0.3, -0.25) is 4.79 Å². The molecule has 1 saturated heterocycles. The molecule has 0 atom stereocenters. The minimum absolute atomic E-state index is 0.0199. The van der Waals surface area contributed by atoms with Crippen LogP contribution in [0.25, 0.3) is 0 Å². The first-order valence-corrected chi connectivity index (χ1v) is 8.41. The molecule has 24 heavy (non-hydrogen) atoms. The second kappa shape index (κ2) is 7.49. The van der Waals surface area contributed by atoms with Gasteiger partial charge in [0.15, 0.2) is 0 Å². The highest BCUT2D eigenvalue weighted by Gasteiger charge is 2.15. The molecule has 0 bridgehead atoms. The van der Waals surface area contributed by atoms with Crippen LogP contribution in [0.4, 0.5) is 11.4 Å². The molecule has 0 aliphatic carbocycles. The van der Waals surface area contributed by atoms with Crippen LogP contribution in [0.5, 0.6) is 0 Å². The molecule has 1 heterocycles. The highest BCUT2D eigenvalue weighted by atomic mass is 16.5. The van der Waals surface area contributed by atoms with E-state index in [1.165, 1.54) is 5.69 Å². The number of hydrogen-bond acceptors (Lipinski definition) is 3. The summed E-state index contributed by atoms with van der Waals surface area (Å²) in [7, 11) is 0. The number of carbonyl (C=O) groups excluding carboxylic acids is 1. The summed E-state index contributed by atoms with van der Waals surface area (Å²) in [5.74, 6) is 0.0199. The van der Waals surface area contributed by atoms with Gasteiger partial charge in [-0.25, -0.2) is 0 Å². The fourth-order valence-electron chi connectivity index (χ4n) is 3.11. The quantitative estimate of drug-likeness (QED) is 0.938. The van der Waals surface area contributed by atoms with Crippen molar-refractivity contribution in [2.24, 2.45) is 0 Å². The van der Waals surface area contributed by atoms with Gasteiger partial charge in [0.1, 0.15) is 0 Å². The van der Waals surface area contributed by atoms with E-state index in [4.69, 9.17) is 4.74 Å². The van der Waals surface area contributed by atoms with Crippen LogP contribution in [0.15, 0.2) is 42.5 Å². The van der Waals surface area contributed by atoms with Crippen molar-refractivity contribution in [3.63, 3.8) is 0 Å². The predicted octanol–water partition coefficient (Wildman–Crippen LogP) is 3.32. The van der Waals surface area contributed by atoms with Gasteiger partial charge in [-0.05, 0) is 42.7 Å². The normalized spacial score (nSPS) is 14.5. The number of nitrogens with one attached hydrogen (secondary N) is 1. The lowest BCUT2D eigenvalue weighted by molar-refractivity contribution is -0.115. The Morgan fingerprint density at radius 2 is 1.71 bits per heavy atom. The zero-order chi connectivity index (χ0) is 16.9. The van der Waals surface area contributed by atoms with E-state index >= 15 is 0 Å². The van der Waals surface area contributed by atoms with Crippen LogP contribution in [0, 0.1) is 13.8 Å². The third-order valence-corrected chi connectivity index (χ3v) is 4.37. The molecule has 1 aliphatic rings. The van der Waals surface area contributed by atoms with Crippen molar-refractivity contribution in [2.75, 3.05) is 36.5 Å². The molecule has 1 N–H and O–H groups in total. The molecule has 2 aromatic rings. The number of rotatable bonds is 4. The van der Waals surface area contributed by atoms with Crippen molar-refractivity contribution >= 4 is 17.3 Å². The molecule has 4 heteroatoms. The number of morpholine rings is 1. The Morgan fingerprint density at radius 1 is 1.08 bits per heavy atom. The number of benzene rings is 2. The van der Waals surface area contributed by atoms with Crippen LogP contribution in [0.3, 0.4) is 0 Å². The second-order valence-electron chi connectivity index (χ2n) is 6.26. The SMILES string of the molecule is Cc1cc(N2CCOCC2)cc(C)c1NC(=O)Cc1ccccc1. The van der Waals surface area contributed by atoms with Crippen LogP contribution in [-0.2, 0) is 16.0 Å². The second-order valence-corrected chi connectivity index (χ2v) is 6.26. The number of amides is 1. The summed E-state index contributed by atoms with van der Waals surface area (Å²) in [6.45, 7) is 7.47. The van der Waals surface area contributed by atoms with Crippen molar-refractivity contribution < 1.29 is 9.53 Å². The third-order valence-electron chi connectivity index (χ3n) is 4.37. The summed E-state index contributed by atoms with van der Waals surface area (Å²) in [5, 5.41) is 3.07. The minimum Gasteiger partial charge on any atom is -0.378 e. The summed E-state index contributed by atoms with van der Waals surface area (Å²) in [6, 6.07) is 14.1. The highest BCUT2D eigenvalue weighted by Crippen LogP contribution is 2.28. The molecule has 0 unspecified atom stereocenters. The largest absolute Gasteiger partial charge is 0.378 e. The van der Waals surface area contributed by atoms with Gasteiger partial charge in [0, 0.05) is 24.5 Å². The van der Waals surface area contributed by atoms with Crippen LogP contribution >= 0.6 is 0 Å². The summed E-state index contributed by atoms with van der Waals surface area (Å²) < 4.78 is 5.42. The first kappa shape index (κ1) is 16.5. The zero-order valence-electron chi connectivity index (χ0n) is 14.3. The molecule has 126 valence electrons. The summed E-state index contributed by atoms with van der Waals surface area (Å²) >= 11 is 0. The van der Waals surface area contributed by atoms with Crippen molar-refractivity contribution in [1.29, 1.82) is 0 Å². The van der Waals surface area contributed by atoms with E-state index in [9.17, 15) is 4.79 Å². The number of aryl methyl sites for hydroxylation is 2. The first-order valence-electron chi connectivity index (χ1n) is 8.41. The Hall–Kier alpha value is -2.33. The molecule has 1 aliphatic heterocycles. The molecule has 0 radical (unpaired) electrons. The van der Waals surface area contributed by atoms with E-state index in [1.54, 1.807) is 0 Å². The molecule has 3 rings (SSSR count). The number of nitrogens with zero attached hydrogens (tertiary/aromatic N) is 1. The Balaban J connectivity index is 1.72. The fraction of sp³-hybridized carbons (Fsp3) is 0.350. The van der Waals surface area contributed by atoms with Gasteiger partial charge >= 0.3 is 0 Å². The van der Waals surface area contributed by atoms with Gasteiger partial charge in [0.2, 0.25) is 5.91 Å². The number of carbonyl (C=O) groups is 1. The van der Waals surface area contributed by atoms with Crippen LogP contribution in [0.1, 0.15) is 16.7 Å². The van der Waals surface area contributed by atoms with Crippen molar-refractivity contribution in [1.82, 2.24) is 0 Å². The highest BCUT2D eigenvalue weighted by molar-refractivity contribution is 5.94. The number of ether oxygens (including phenoxy) is 1. The topological polar surface area (TPSA) is 41.6 Å². The summed E-state index contributed by atoms with van der Waals surface area (Å²) in [4.78, 5) is 14.7. The van der Waals surface area contributed by atoms with E-state index in [-0.39, 0.29) is 5.91 Å². The van der Waals surface area contributed by atoms with Gasteiger partial charge in [-0.2, -0.15) is 0 Å². The Bertz CT molecular complexity index is 684. The molecular weight excluding hydrogens is 300 g/mol. The van der Waals surface area contributed by atoms with Crippen LogP contribution in [0.2, 0.25) is 0 Å².